The van der Waals surface area contributed by atoms with Gasteiger partial charge in [-0.2, -0.15) is 0 Å². The predicted octanol–water partition coefficient (Wildman–Crippen LogP) is -1.81. The van der Waals surface area contributed by atoms with Crippen molar-refractivity contribution in [2.24, 2.45) is 0 Å². The van der Waals surface area contributed by atoms with E-state index < -0.39 is 36.7 Å². The third-order valence-electron chi connectivity index (χ3n) is 2.76. The van der Waals surface area contributed by atoms with Crippen LogP contribution in [0, 0.1) is 0 Å². The minimum Gasteiger partial charge on any atom is -0.421 e. The highest BCUT2D eigenvalue weighted by atomic mass is 16.5. The second-order valence-corrected chi connectivity index (χ2v) is 4.64. The fraction of sp³-hybridized carbons (Fsp3) is 0.357. The molecule has 0 heterocycles. The van der Waals surface area contributed by atoms with Gasteiger partial charge in [-0.1, -0.05) is 0 Å². The molecule has 0 aliphatic rings. The molecule has 0 spiro atoms. The molecule has 0 saturated heterocycles. The molecule has 0 saturated carbocycles. The van der Waals surface area contributed by atoms with E-state index in [-0.39, 0.29) is 11.7 Å². The molecule has 1 amide bonds. The SMILES string of the molecule is CC(=O)Nc1ccc(OC(=O)C(=O)[C@@H](O)[C@H](O)[C@@H](O)CO)cc1. The Morgan fingerprint density at radius 2 is 1.70 bits per heavy atom. The van der Waals surface area contributed by atoms with Gasteiger partial charge in [-0.3, -0.25) is 9.59 Å². The highest BCUT2D eigenvalue weighted by molar-refractivity contribution is 6.36. The van der Waals surface area contributed by atoms with E-state index in [1.807, 2.05) is 0 Å². The van der Waals surface area contributed by atoms with Gasteiger partial charge in [0, 0.05) is 12.6 Å². The van der Waals surface area contributed by atoms with E-state index in [9.17, 15) is 24.6 Å². The second kappa shape index (κ2) is 8.34. The number of ether oxygens (including phenoxy) is 1. The lowest BCUT2D eigenvalue weighted by atomic mass is 10.0. The minimum absolute atomic E-state index is 0.0261. The maximum absolute atomic E-state index is 11.6. The first kappa shape index (κ1) is 18.7. The first-order chi connectivity index (χ1) is 10.8. The largest absolute Gasteiger partial charge is 0.421 e. The van der Waals surface area contributed by atoms with Crippen molar-refractivity contribution in [1.82, 2.24) is 0 Å². The van der Waals surface area contributed by atoms with E-state index in [0.29, 0.717) is 5.69 Å². The molecule has 9 heteroatoms. The molecule has 126 valence electrons. The maximum atomic E-state index is 11.6. The van der Waals surface area contributed by atoms with Gasteiger partial charge >= 0.3 is 5.97 Å². The number of carbonyl (C=O) groups excluding carboxylic acids is 3. The lowest BCUT2D eigenvalue weighted by molar-refractivity contribution is -0.157. The number of esters is 1. The molecule has 23 heavy (non-hydrogen) atoms. The van der Waals surface area contributed by atoms with Crippen LogP contribution in [-0.4, -0.2) is 63.0 Å². The zero-order valence-electron chi connectivity index (χ0n) is 12.2. The number of hydrogen-bond donors (Lipinski definition) is 5. The smallest absolute Gasteiger partial charge is 0.382 e. The van der Waals surface area contributed by atoms with Crippen LogP contribution in [0.25, 0.3) is 0 Å². The summed E-state index contributed by atoms with van der Waals surface area (Å²) in [5, 5.41) is 39.1. The van der Waals surface area contributed by atoms with E-state index in [1.54, 1.807) is 0 Å². The Kier molecular flexibility index (Phi) is 6.79. The van der Waals surface area contributed by atoms with Crippen molar-refractivity contribution in [3.05, 3.63) is 24.3 Å². The molecule has 0 aromatic heterocycles. The van der Waals surface area contributed by atoms with Gasteiger partial charge in [-0.05, 0) is 24.3 Å². The van der Waals surface area contributed by atoms with Crippen LogP contribution in [0.15, 0.2) is 24.3 Å². The summed E-state index contributed by atoms with van der Waals surface area (Å²) in [6, 6.07) is 5.47. The molecule has 9 nitrogen and oxygen atoms in total. The summed E-state index contributed by atoms with van der Waals surface area (Å²) in [5.74, 6) is -3.24. The summed E-state index contributed by atoms with van der Waals surface area (Å²) >= 11 is 0. The molecule has 5 N–H and O–H groups in total. The van der Waals surface area contributed by atoms with Crippen molar-refractivity contribution in [1.29, 1.82) is 0 Å². The molecule has 0 fully saturated rings. The van der Waals surface area contributed by atoms with Crippen LogP contribution in [0.4, 0.5) is 5.69 Å². The van der Waals surface area contributed by atoms with Crippen molar-refractivity contribution in [3.8, 4) is 5.75 Å². The van der Waals surface area contributed by atoms with Crippen LogP contribution < -0.4 is 10.1 Å². The molecule has 0 aliphatic heterocycles. The van der Waals surface area contributed by atoms with Gasteiger partial charge in [0.2, 0.25) is 5.91 Å². The van der Waals surface area contributed by atoms with Crippen molar-refractivity contribution in [2.45, 2.75) is 25.2 Å². The topological polar surface area (TPSA) is 153 Å². The molecule has 0 bridgehead atoms. The normalized spacial score (nSPS) is 14.5. The lowest BCUT2D eigenvalue weighted by Gasteiger charge is -2.19. The lowest BCUT2D eigenvalue weighted by Crippen LogP contribution is -2.47. The molecule has 1 aromatic carbocycles. The number of aliphatic hydroxyl groups excluding tert-OH is 4. The summed E-state index contributed by atoms with van der Waals surface area (Å²) < 4.78 is 4.70. The van der Waals surface area contributed by atoms with Crippen LogP contribution >= 0.6 is 0 Å². The molecule has 3 atom stereocenters. The summed E-state index contributed by atoms with van der Waals surface area (Å²) in [7, 11) is 0. The van der Waals surface area contributed by atoms with E-state index >= 15 is 0 Å². The van der Waals surface area contributed by atoms with Crippen LogP contribution in [-0.2, 0) is 14.4 Å². The first-order valence-corrected chi connectivity index (χ1v) is 6.55. The monoisotopic (exact) mass is 327 g/mol. The number of nitrogens with one attached hydrogen (secondary N) is 1. The molecule has 1 rings (SSSR count). The van der Waals surface area contributed by atoms with E-state index in [2.05, 4.69) is 5.32 Å². The average molecular weight is 327 g/mol. The molecule has 0 radical (unpaired) electrons. The molecule has 0 aliphatic carbocycles. The Bertz CT molecular complexity index is 571. The summed E-state index contributed by atoms with van der Waals surface area (Å²) in [5.41, 5.74) is 0.449. The van der Waals surface area contributed by atoms with Gasteiger partial charge in [0.15, 0.2) is 6.10 Å². The Labute approximate surface area is 131 Å². The van der Waals surface area contributed by atoms with Crippen molar-refractivity contribution >= 4 is 23.3 Å². The number of anilines is 1. The fourth-order valence-electron chi connectivity index (χ4n) is 1.56. The summed E-state index contributed by atoms with van der Waals surface area (Å²) in [4.78, 5) is 34.0. The third-order valence-corrected chi connectivity index (χ3v) is 2.76. The number of ketones is 1. The Balaban J connectivity index is 2.68. The molecule has 1 aromatic rings. The van der Waals surface area contributed by atoms with E-state index in [1.165, 1.54) is 31.2 Å². The predicted molar refractivity (Wildman–Crippen MR) is 76.5 cm³/mol. The summed E-state index contributed by atoms with van der Waals surface area (Å²) in [6.45, 7) is 0.422. The quantitative estimate of drug-likeness (QED) is 0.223. The van der Waals surface area contributed by atoms with Gasteiger partial charge in [-0.25, -0.2) is 4.79 Å². The van der Waals surface area contributed by atoms with Crippen LogP contribution in [0.5, 0.6) is 5.75 Å². The zero-order valence-corrected chi connectivity index (χ0v) is 12.2. The van der Waals surface area contributed by atoms with Crippen LogP contribution in [0.3, 0.4) is 0 Å². The minimum atomic E-state index is -2.23. The second-order valence-electron chi connectivity index (χ2n) is 4.64. The number of aliphatic hydroxyl groups is 4. The molecular weight excluding hydrogens is 310 g/mol. The van der Waals surface area contributed by atoms with Crippen LogP contribution in [0.2, 0.25) is 0 Å². The maximum Gasteiger partial charge on any atom is 0.382 e. The highest BCUT2D eigenvalue weighted by Crippen LogP contribution is 2.16. The van der Waals surface area contributed by atoms with E-state index in [0.717, 1.165) is 0 Å². The van der Waals surface area contributed by atoms with Gasteiger partial charge in [0.1, 0.15) is 18.0 Å². The fourth-order valence-corrected chi connectivity index (χ4v) is 1.56. The number of carbonyl (C=O) groups is 3. The Hall–Kier alpha value is -2.33. The molecule has 0 unspecified atom stereocenters. The first-order valence-electron chi connectivity index (χ1n) is 6.55. The Morgan fingerprint density at radius 3 is 2.17 bits per heavy atom. The number of amides is 1. The Morgan fingerprint density at radius 1 is 1.13 bits per heavy atom. The van der Waals surface area contributed by atoms with Gasteiger partial charge < -0.3 is 30.5 Å². The summed E-state index contributed by atoms with van der Waals surface area (Å²) in [6.07, 6.45) is -6.04. The van der Waals surface area contributed by atoms with Crippen molar-refractivity contribution in [2.75, 3.05) is 11.9 Å². The highest BCUT2D eigenvalue weighted by Gasteiger charge is 2.34. The number of rotatable bonds is 7. The third kappa shape index (κ3) is 5.42. The van der Waals surface area contributed by atoms with E-state index in [4.69, 9.17) is 14.9 Å². The average Bonchev–Trinajstić information content (AvgIpc) is 2.53. The standard InChI is InChI=1S/C14H17NO8/c1-7(17)15-8-2-4-9(5-3-8)23-14(22)13(21)12(20)11(19)10(18)6-16/h2-5,10-12,16,18-20H,6H2,1H3,(H,15,17)/t10-,11+,12-/m0/s1. The van der Waals surface area contributed by atoms with Gasteiger partial charge in [0.25, 0.3) is 5.78 Å². The van der Waals surface area contributed by atoms with Crippen molar-refractivity contribution in [3.63, 3.8) is 0 Å². The number of Topliss-reactive ketones (excluding diaryl/α,β-unsaturated/α-hetero) is 1. The van der Waals surface area contributed by atoms with Gasteiger partial charge in [-0.15, -0.1) is 0 Å². The number of benzene rings is 1. The van der Waals surface area contributed by atoms with Crippen LogP contribution in [0.1, 0.15) is 6.92 Å². The molecular formula is C14H17NO8. The van der Waals surface area contributed by atoms with Crippen molar-refractivity contribution < 1.29 is 39.5 Å². The number of hydrogen-bond acceptors (Lipinski definition) is 8. The zero-order chi connectivity index (χ0) is 17.6. The van der Waals surface area contributed by atoms with Gasteiger partial charge in [0.05, 0.1) is 6.61 Å².